The zero-order valence-electron chi connectivity index (χ0n) is 13.9. The molecular formula is C17H19N5O2S. The van der Waals surface area contributed by atoms with Crippen LogP contribution in [0.2, 0.25) is 0 Å². The molecule has 2 aromatic rings. The maximum absolute atomic E-state index is 12.7. The highest BCUT2D eigenvalue weighted by molar-refractivity contribution is 8.01. The minimum atomic E-state index is -0.394. The fourth-order valence-electron chi connectivity index (χ4n) is 3.48. The molecule has 130 valence electrons. The van der Waals surface area contributed by atoms with Gasteiger partial charge in [-0.2, -0.15) is 5.10 Å². The van der Waals surface area contributed by atoms with E-state index < -0.39 is 6.04 Å². The molecule has 0 aliphatic carbocycles. The number of aromatic nitrogens is 3. The van der Waals surface area contributed by atoms with Crippen LogP contribution in [0.1, 0.15) is 25.3 Å². The molecule has 0 bridgehead atoms. The molecule has 2 amide bonds. The van der Waals surface area contributed by atoms with E-state index in [9.17, 15) is 9.59 Å². The number of nitrogens with zero attached hydrogens (tertiary/aromatic N) is 4. The summed E-state index contributed by atoms with van der Waals surface area (Å²) in [4.78, 5) is 30.7. The first-order valence-electron chi connectivity index (χ1n) is 8.26. The Morgan fingerprint density at radius 3 is 3.12 bits per heavy atom. The smallest absolute Gasteiger partial charge is 0.243 e. The summed E-state index contributed by atoms with van der Waals surface area (Å²) in [6, 6.07) is 5.18. The Balaban J connectivity index is 1.48. The Kier molecular flexibility index (Phi) is 3.99. The molecule has 1 N–H and O–H groups in total. The van der Waals surface area contributed by atoms with Gasteiger partial charge in [0.1, 0.15) is 6.04 Å². The Labute approximate surface area is 149 Å². The lowest BCUT2D eigenvalue weighted by Gasteiger charge is -2.29. The molecule has 2 saturated heterocycles. The highest BCUT2D eigenvalue weighted by Gasteiger charge is 2.52. The van der Waals surface area contributed by atoms with E-state index >= 15 is 0 Å². The first kappa shape index (κ1) is 16.1. The van der Waals surface area contributed by atoms with Crippen molar-refractivity contribution in [3.05, 3.63) is 42.4 Å². The number of hydrogen-bond donors (Lipinski definition) is 1. The van der Waals surface area contributed by atoms with Gasteiger partial charge in [-0.3, -0.25) is 9.59 Å². The normalized spacial score (nSPS) is 25.2. The first-order valence-corrected chi connectivity index (χ1v) is 9.25. The number of carbonyl (C=O) groups is 2. The molecule has 4 rings (SSSR count). The fraction of sp³-hybridized carbons (Fsp3) is 0.412. The van der Waals surface area contributed by atoms with Crippen LogP contribution in [0.15, 0.2) is 36.8 Å². The third-order valence-electron chi connectivity index (χ3n) is 4.79. The molecule has 0 unspecified atom stereocenters. The highest BCUT2D eigenvalue weighted by Crippen LogP contribution is 2.47. The van der Waals surface area contributed by atoms with Crippen LogP contribution in [0.3, 0.4) is 0 Å². The van der Waals surface area contributed by atoms with Crippen LogP contribution < -0.4 is 5.32 Å². The zero-order valence-corrected chi connectivity index (χ0v) is 14.7. The third kappa shape index (κ3) is 2.80. The van der Waals surface area contributed by atoms with Crippen molar-refractivity contribution in [1.82, 2.24) is 25.0 Å². The molecule has 2 aliphatic rings. The summed E-state index contributed by atoms with van der Waals surface area (Å²) in [5, 5.41) is 7.17. The topological polar surface area (TPSA) is 80.1 Å². The van der Waals surface area contributed by atoms with Gasteiger partial charge in [0.25, 0.3) is 0 Å². The van der Waals surface area contributed by atoms with Crippen LogP contribution >= 0.6 is 11.8 Å². The predicted octanol–water partition coefficient (Wildman–Crippen LogP) is 1.34. The minimum absolute atomic E-state index is 0.0752. The van der Waals surface area contributed by atoms with E-state index in [1.807, 2.05) is 31.3 Å². The molecular weight excluding hydrogens is 338 g/mol. The molecule has 2 aliphatic heterocycles. The molecule has 0 radical (unpaired) electrons. The number of carbonyl (C=O) groups excluding carboxylic acids is 2. The van der Waals surface area contributed by atoms with Gasteiger partial charge in [-0.05, 0) is 25.5 Å². The van der Waals surface area contributed by atoms with Crippen LogP contribution in [-0.4, -0.2) is 48.1 Å². The van der Waals surface area contributed by atoms with Gasteiger partial charge in [0.2, 0.25) is 11.8 Å². The minimum Gasteiger partial charge on any atom is -0.350 e. The second-order valence-corrected chi connectivity index (χ2v) is 7.92. The van der Waals surface area contributed by atoms with E-state index in [2.05, 4.69) is 15.4 Å². The Morgan fingerprint density at radius 2 is 2.32 bits per heavy atom. The summed E-state index contributed by atoms with van der Waals surface area (Å²) in [5.41, 5.74) is 0.876. The Hall–Kier alpha value is -2.35. The quantitative estimate of drug-likeness (QED) is 0.893. The monoisotopic (exact) mass is 357 g/mol. The van der Waals surface area contributed by atoms with Crippen LogP contribution in [0.5, 0.6) is 0 Å². The van der Waals surface area contributed by atoms with Crippen LogP contribution in [0, 0.1) is 0 Å². The van der Waals surface area contributed by atoms with E-state index in [-0.39, 0.29) is 16.7 Å². The maximum Gasteiger partial charge on any atom is 0.243 e. The Morgan fingerprint density at radius 1 is 1.44 bits per heavy atom. The number of hydrogen-bond acceptors (Lipinski definition) is 5. The SMILES string of the molecule is C[C@]12CCC(=O)N1[C@@H](C(=O)NCc1cccnc1-n1cccn1)CS2. The summed E-state index contributed by atoms with van der Waals surface area (Å²) < 4.78 is 1.67. The van der Waals surface area contributed by atoms with Gasteiger partial charge in [-0.25, -0.2) is 9.67 Å². The summed E-state index contributed by atoms with van der Waals surface area (Å²) in [5.74, 6) is 1.30. The van der Waals surface area contributed by atoms with Gasteiger partial charge in [0, 0.05) is 42.9 Å². The number of nitrogens with one attached hydrogen (secondary N) is 1. The number of amides is 2. The van der Waals surface area contributed by atoms with E-state index in [1.54, 1.807) is 33.7 Å². The highest BCUT2D eigenvalue weighted by atomic mass is 32.2. The molecule has 2 aromatic heterocycles. The number of rotatable bonds is 4. The predicted molar refractivity (Wildman–Crippen MR) is 93.9 cm³/mol. The molecule has 0 saturated carbocycles. The zero-order chi connectivity index (χ0) is 17.4. The first-order chi connectivity index (χ1) is 12.1. The fourth-order valence-corrected chi connectivity index (χ4v) is 4.92. The van der Waals surface area contributed by atoms with E-state index in [0.29, 0.717) is 24.5 Å². The van der Waals surface area contributed by atoms with Crippen LogP contribution in [0.4, 0.5) is 0 Å². The molecule has 2 fully saturated rings. The average molecular weight is 357 g/mol. The number of thioether (sulfide) groups is 1. The van der Waals surface area contributed by atoms with Gasteiger partial charge in [0.15, 0.2) is 5.82 Å². The average Bonchev–Trinajstić information content (AvgIpc) is 3.31. The van der Waals surface area contributed by atoms with E-state index in [4.69, 9.17) is 0 Å². The molecule has 8 heteroatoms. The summed E-state index contributed by atoms with van der Waals surface area (Å²) in [7, 11) is 0. The van der Waals surface area contributed by atoms with Gasteiger partial charge in [-0.15, -0.1) is 11.8 Å². The lowest BCUT2D eigenvalue weighted by atomic mass is 10.2. The van der Waals surface area contributed by atoms with E-state index in [1.165, 1.54) is 0 Å². The standard InChI is InChI=1S/C17H19N5O2S/c1-17-6-5-14(23)22(17)13(11-25-17)16(24)19-10-12-4-2-7-18-15(12)21-9-3-8-20-21/h2-4,7-9,13H,5-6,10-11H2,1H3,(H,19,24)/t13-,17+/m1/s1. The van der Waals surface area contributed by atoms with Crippen molar-refractivity contribution in [3.63, 3.8) is 0 Å². The third-order valence-corrected chi connectivity index (χ3v) is 6.29. The van der Waals surface area contributed by atoms with Crippen LogP contribution in [-0.2, 0) is 16.1 Å². The largest absolute Gasteiger partial charge is 0.350 e. The second-order valence-electron chi connectivity index (χ2n) is 6.42. The van der Waals surface area contributed by atoms with Gasteiger partial charge in [-0.1, -0.05) is 6.07 Å². The molecule has 0 aromatic carbocycles. The van der Waals surface area contributed by atoms with Crippen molar-refractivity contribution < 1.29 is 9.59 Å². The van der Waals surface area contributed by atoms with Gasteiger partial charge >= 0.3 is 0 Å². The van der Waals surface area contributed by atoms with Crippen molar-refractivity contribution in [1.29, 1.82) is 0 Å². The second kappa shape index (κ2) is 6.18. The van der Waals surface area contributed by atoms with Crippen molar-refractivity contribution in [3.8, 4) is 5.82 Å². The van der Waals surface area contributed by atoms with Crippen molar-refractivity contribution >= 4 is 23.6 Å². The molecule has 7 nitrogen and oxygen atoms in total. The summed E-state index contributed by atoms with van der Waals surface area (Å²) in [6.45, 7) is 2.40. The van der Waals surface area contributed by atoms with Gasteiger partial charge < -0.3 is 10.2 Å². The number of pyridine rings is 1. The van der Waals surface area contributed by atoms with Crippen molar-refractivity contribution in [2.45, 2.75) is 37.2 Å². The lowest BCUT2D eigenvalue weighted by molar-refractivity contribution is -0.138. The lowest BCUT2D eigenvalue weighted by Crippen LogP contribution is -2.49. The molecule has 25 heavy (non-hydrogen) atoms. The molecule has 0 spiro atoms. The maximum atomic E-state index is 12.7. The van der Waals surface area contributed by atoms with Crippen LogP contribution in [0.25, 0.3) is 5.82 Å². The van der Waals surface area contributed by atoms with E-state index in [0.717, 1.165) is 12.0 Å². The van der Waals surface area contributed by atoms with Crippen molar-refractivity contribution in [2.75, 3.05) is 5.75 Å². The molecule has 4 heterocycles. The number of fused-ring (bicyclic) bond motifs is 1. The Bertz CT molecular complexity index is 809. The molecule has 2 atom stereocenters. The summed E-state index contributed by atoms with van der Waals surface area (Å²) >= 11 is 1.70. The van der Waals surface area contributed by atoms with Crippen molar-refractivity contribution in [2.24, 2.45) is 0 Å². The summed E-state index contributed by atoms with van der Waals surface area (Å²) in [6.07, 6.45) is 6.54. The van der Waals surface area contributed by atoms with Gasteiger partial charge in [0.05, 0.1) is 4.87 Å².